The van der Waals surface area contributed by atoms with Gasteiger partial charge in [0.2, 0.25) is 6.79 Å². The third-order valence-electron chi connectivity index (χ3n) is 5.06. The number of benzene rings is 2. The Balaban J connectivity index is 2.03. The van der Waals surface area contributed by atoms with E-state index in [4.69, 9.17) is 28.4 Å². The molecular weight excluding hydrogens is 428 g/mol. The molecule has 2 aromatic rings. The molecule has 1 aliphatic heterocycles. The molecule has 0 saturated heterocycles. The van der Waals surface area contributed by atoms with Crippen molar-refractivity contribution in [2.75, 3.05) is 34.2 Å². The lowest BCUT2D eigenvalue weighted by molar-refractivity contribution is -0.150. The Labute approximate surface area is 193 Å². The maximum atomic E-state index is 13.0. The van der Waals surface area contributed by atoms with Crippen LogP contribution in [-0.2, 0) is 25.5 Å². The molecule has 1 aliphatic rings. The number of esters is 2. The van der Waals surface area contributed by atoms with Gasteiger partial charge in [0.05, 0.1) is 38.9 Å². The fourth-order valence-corrected chi connectivity index (χ4v) is 3.51. The number of ether oxygens (including phenoxy) is 6. The largest absolute Gasteiger partial charge is 0.493 e. The Kier molecular flexibility index (Phi) is 8.18. The highest BCUT2D eigenvalue weighted by molar-refractivity contribution is 6.00. The summed E-state index contributed by atoms with van der Waals surface area (Å²) in [5.74, 6) is 0.278. The summed E-state index contributed by atoms with van der Waals surface area (Å²) in [5.41, 5.74) is 1.62. The molecular formula is C25H28O8. The number of carbonyl (C=O) groups excluding carboxylic acids is 2. The lowest BCUT2D eigenvalue weighted by atomic mass is 9.90. The Bertz CT molecular complexity index is 1030. The number of rotatable bonds is 10. The van der Waals surface area contributed by atoms with Crippen molar-refractivity contribution in [3.05, 3.63) is 53.1 Å². The molecule has 0 bridgehead atoms. The Morgan fingerprint density at radius 3 is 2.36 bits per heavy atom. The van der Waals surface area contributed by atoms with Gasteiger partial charge in [-0.05, 0) is 61.7 Å². The van der Waals surface area contributed by atoms with E-state index in [1.54, 1.807) is 57.4 Å². The molecule has 1 heterocycles. The van der Waals surface area contributed by atoms with Crippen molar-refractivity contribution in [1.29, 1.82) is 0 Å². The first-order valence-electron chi connectivity index (χ1n) is 10.7. The highest BCUT2D eigenvalue weighted by Crippen LogP contribution is 2.35. The highest BCUT2D eigenvalue weighted by Gasteiger charge is 2.31. The second kappa shape index (κ2) is 11.3. The van der Waals surface area contributed by atoms with Gasteiger partial charge in [-0.1, -0.05) is 12.1 Å². The van der Waals surface area contributed by atoms with Crippen LogP contribution >= 0.6 is 0 Å². The summed E-state index contributed by atoms with van der Waals surface area (Å²) in [6, 6.07) is 10.6. The molecule has 0 spiro atoms. The van der Waals surface area contributed by atoms with Crippen LogP contribution < -0.4 is 18.9 Å². The highest BCUT2D eigenvalue weighted by atomic mass is 16.7. The van der Waals surface area contributed by atoms with E-state index in [0.717, 1.165) is 5.56 Å². The van der Waals surface area contributed by atoms with E-state index >= 15 is 0 Å². The minimum Gasteiger partial charge on any atom is -0.493 e. The van der Waals surface area contributed by atoms with Crippen LogP contribution in [0.25, 0.3) is 6.08 Å². The standard InChI is InChI=1S/C25H28O8/c1-5-30-24(26)18(11-16-7-9-20(28-3)22(13-16)29-4)19(25(27)31-6-2)12-17-8-10-21-23(14-17)33-15-32-21/h7-11,13-14,19H,5-6,12,15H2,1-4H3/b18-11+. The zero-order chi connectivity index (χ0) is 23.8. The number of hydrogen-bond donors (Lipinski definition) is 0. The van der Waals surface area contributed by atoms with Crippen LogP contribution in [0.15, 0.2) is 42.0 Å². The molecule has 2 aromatic carbocycles. The average Bonchev–Trinajstić information content (AvgIpc) is 3.29. The van der Waals surface area contributed by atoms with E-state index in [0.29, 0.717) is 28.6 Å². The normalized spacial score (nSPS) is 13.3. The quantitative estimate of drug-likeness (QED) is 0.394. The van der Waals surface area contributed by atoms with E-state index in [-0.39, 0.29) is 32.0 Å². The van der Waals surface area contributed by atoms with Crippen LogP contribution in [0, 0.1) is 5.92 Å². The molecule has 0 aromatic heterocycles. The fraction of sp³-hybridized carbons (Fsp3) is 0.360. The molecule has 0 amide bonds. The zero-order valence-corrected chi connectivity index (χ0v) is 19.2. The Morgan fingerprint density at radius 1 is 0.939 bits per heavy atom. The summed E-state index contributed by atoms with van der Waals surface area (Å²) in [6.45, 7) is 3.93. The lowest BCUT2D eigenvalue weighted by Gasteiger charge is -2.19. The maximum absolute atomic E-state index is 13.0. The molecule has 8 nitrogen and oxygen atoms in total. The summed E-state index contributed by atoms with van der Waals surface area (Å²) < 4.78 is 32.0. The summed E-state index contributed by atoms with van der Waals surface area (Å²) in [6.07, 6.45) is 1.84. The molecule has 176 valence electrons. The van der Waals surface area contributed by atoms with Gasteiger partial charge in [0.15, 0.2) is 23.0 Å². The minimum atomic E-state index is -0.891. The van der Waals surface area contributed by atoms with Gasteiger partial charge in [-0.15, -0.1) is 0 Å². The van der Waals surface area contributed by atoms with Crippen molar-refractivity contribution in [2.24, 2.45) is 5.92 Å². The van der Waals surface area contributed by atoms with Gasteiger partial charge in [0.1, 0.15) is 0 Å². The molecule has 0 N–H and O–H groups in total. The fourth-order valence-electron chi connectivity index (χ4n) is 3.51. The third kappa shape index (κ3) is 5.77. The molecule has 1 unspecified atom stereocenters. The first kappa shape index (κ1) is 24.0. The number of carbonyl (C=O) groups is 2. The summed E-state index contributed by atoms with van der Waals surface area (Å²) >= 11 is 0. The van der Waals surface area contributed by atoms with Crippen molar-refractivity contribution in [3.8, 4) is 23.0 Å². The lowest BCUT2D eigenvalue weighted by Crippen LogP contribution is -2.27. The van der Waals surface area contributed by atoms with Gasteiger partial charge < -0.3 is 28.4 Å². The average molecular weight is 456 g/mol. The van der Waals surface area contributed by atoms with E-state index in [1.807, 2.05) is 6.07 Å². The molecule has 0 fully saturated rings. The van der Waals surface area contributed by atoms with E-state index < -0.39 is 17.9 Å². The number of fused-ring (bicyclic) bond motifs is 1. The summed E-state index contributed by atoms with van der Waals surface area (Å²) in [4.78, 5) is 25.9. The van der Waals surface area contributed by atoms with Gasteiger partial charge in [-0.2, -0.15) is 0 Å². The molecule has 0 saturated carbocycles. The van der Waals surface area contributed by atoms with Gasteiger partial charge in [-0.25, -0.2) is 4.79 Å². The predicted octanol–water partition coefficient (Wildman–Crippen LogP) is 3.80. The van der Waals surface area contributed by atoms with Crippen LogP contribution in [-0.4, -0.2) is 46.2 Å². The van der Waals surface area contributed by atoms with Gasteiger partial charge >= 0.3 is 11.9 Å². The second-order valence-corrected chi connectivity index (χ2v) is 7.13. The van der Waals surface area contributed by atoms with Gasteiger partial charge in [0.25, 0.3) is 0 Å². The molecule has 1 atom stereocenters. The Hall–Kier alpha value is -3.68. The molecule has 33 heavy (non-hydrogen) atoms. The van der Waals surface area contributed by atoms with E-state index in [1.165, 1.54) is 7.11 Å². The smallest absolute Gasteiger partial charge is 0.334 e. The van der Waals surface area contributed by atoms with Crippen molar-refractivity contribution in [1.82, 2.24) is 0 Å². The first-order valence-corrected chi connectivity index (χ1v) is 10.7. The summed E-state index contributed by atoms with van der Waals surface area (Å²) in [5, 5.41) is 0. The molecule has 8 heteroatoms. The number of methoxy groups -OCH3 is 2. The van der Waals surface area contributed by atoms with Crippen molar-refractivity contribution >= 4 is 18.0 Å². The zero-order valence-electron chi connectivity index (χ0n) is 19.2. The Morgan fingerprint density at radius 2 is 1.67 bits per heavy atom. The molecule has 0 aliphatic carbocycles. The van der Waals surface area contributed by atoms with E-state index in [9.17, 15) is 9.59 Å². The molecule has 3 rings (SSSR count). The SMILES string of the molecule is CCOC(=O)/C(=C/c1ccc(OC)c(OC)c1)C(Cc1ccc2c(c1)OCO2)C(=O)OCC. The van der Waals surface area contributed by atoms with Gasteiger partial charge in [0, 0.05) is 0 Å². The van der Waals surface area contributed by atoms with Crippen molar-refractivity contribution in [2.45, 2.75) is 20.3 Å². The van der Waals surface area contributed by atoms with Crippen LogP contribution in [0.2, 0.25) is 0 Å². The van der Waals surface area contributed by atoms with E-state index in [2.05, 4.69) is 0 Å². The summed E-state index contributed by atoms with van der Waals surface area (Å²) in [7, 11) is 3.07. The monoisotopic (exact) mass is 456 g/mol. The van der Waals surface area contributed by atoms with Crippen LogP contribution in [0.1, 0.15) is 25.0 Å². The van der Waals surface area contributed by atoms with Crippen molar-refractivity contribution < 1.29 is 38.0 Å². The second-order valence-electron chi connectivity index (χ2n) is 7.13. The van der Waals surface area contributed by atoms with Crippen LogP contribution in [0.4, 0.5) is 0 Å². The first-order chi connectivity index (χ1) is 16.0. The van der Waals surface area contributed by atoms with Gasteiger partial charge in [-0.3, -0.25) is 4.79 Å². The predicted molar refractivity (Wildman–Crippen MR) is 121 cm³/mol. The topological polar surface area (TPSA) is 89.5 Å². The number of hydrogen-bond acceptors (Lipinski definition) is 8. The molecule has 0 radical (unpaired) electrons. The van der Waals surface area contributed by atoms with Crippen LogP contribution in [0.5, 0.6) is 23.0 Å². The third-order valence-corrected chi connectivity index (χ3v) is 5.06. The van der Waals surface area contributed by atoms with Crippen LogP contribution in [0.3, 0.4) is 0 Å². The maximum Gasteiger partial charge on any atom is 0.334 e. The minimum absolute atomic E-state index is 0.146. The van der Waals surface area contributed by atoms with Crippen molar-refractivity contribution in [3.63, 3.8) is 0 Å².